The minimum Gasteiger partial charge on any atom is -0.289 e. The molecule has 2 heterocycles. The molecular formula is C9H10N6O. The van der Waals surface area contributed by atoms with E-state index in [0.717, 1.165) is 0 Å². The fourth-order valence-corrected chi connectivity index (χ4v) is 1.23. The highest BCUT2D eigenvalue weighted by Crippen LogP contribution is 2.05. The summed E-state index contributed by atoms with van der Waals surface area (Å²) in [5, 5.41) is 8.08. The number of pyridine rings is 1. The molecule has 7 heteroatoms. The van der Waals surface area contributed by atoms with Crippen molar-refractivity contribution in [2.75, 3.05) is 0 Å². The van der Waals surface area contributed by atoms with Crippen molar-refractivity contribution in [1.29, 1.82) is 0 Å². The highest BCUT2D eigenvalue weighted by atomic mass is 16.2. The summed E-state index contributed by atoms with van der Waals surface area (Å²) in [5.41, 5.74) is 2.69. The number of amides is 1. The van der Waals surface area contributed by atoms with Crippen LogP contribution in [-0.2, 0) is 0 Å². The summed E-state index contributed by atoms with van der Waals surface area (Å²) >= 11 is 0. The van der Waals surface area contributed by atoms with Crippen LogP contribution < -0.4 is 11.3 Å². The molecule has 2 aromatic rings. The lowest BCUT2D eigenvalue weighted by Gasteiger charge is -1.95. The summed E-state index contributed by atoms with van der Waals surface area (Å²) in [4.78, 5) is 16.7. The van der Waals surface area contributed by atoms with Gasteiger partial charge in [0, 0.05) is 6.20 Å². The number of rotatable bonds is 2. The minimum atomic E-state index is -0.473. The molecule has 16 heavy (non-hydrogen) atoms. The number of hydrogen-bond donors (Lipinski definition) is 2. The molecule has 0 unspecified atom stereocenters. The maximum absolute atomic E-state index is 11.3. The van der Waals surface area contributed by atoms with Crippen molar-refractivity contribution < 1.29 is 4.79 Å². The van der Waals surface area contributed by atoms with Gasteiger partial charge >= 0.3 is 0 Å². The van der Waals surface area contributed by atoms with Gasteiger partial charge < -0.3 is 0 Å². The number of nitrogen functional groups attached to an aromatic ring is 1. The van der Waals surface area contributed by atoms with Crippen LogP contribution in [0.3, 0.4) is 0 Å². The van der Waals surface area contributed by atoms with E-state index >= 15 is 0 Å². The highest BCUT2D eigenvalue weighted by molar-refractivity contribution is 5.92. The summed E-state index contributed by atoms with van der Waals surface area (Å²) in [6.07, 6.45) is 1.62. The van der Waals surface area contributed by atoms with Gasteiger partial charge in [0.1, 0.15) is 0 Å². The monoisotopic (exact) mass is 218 g/mol. The van der Waals surface area contributed by atoms with Crippen LogP contribution in [0.15, 0.2) is 24.4 Å². The summed E-state index contributed by atoms with van der Waals surface area (Å²) in [5.74, 6) is 5.10. The zero-order valence-corrected chi connectivity index (χ0v) is 8.58. The Labute approximate surface area is 91.3 Å². The van der Waals surface area contributed by atoms with Gasteiger partial charge in [0.25, 0.3) is 5.91 Å². The summed E-state index contributed by atoms with van der Waals surface area (Å²) in [6.45, 7) is 1.68. The molecule has 0 aliphatic rings. The molecule has 0 saturated carbocycles. The van der Waals surface area contributed by atoms with Crippen molar-refractivity contribution in [3.8, 4) is 5.82 Å². The fourth-order valence-electron chi connectivity index (χ4n) is 1.23. The number of nitrogens with zero attached hydrogens (tertiary/aromatic N) is 4. The average molecular weight is 218 g/mol. The van der Waals surface area contributed by atoms with Gasteiger partial charge in [-0.1, -0.05) is 6.07 Å². The second kappa shape index (κ2) is 4.07. The number of nitrogens with two attached hydrogens (primary N) is 1. The number of aryl methyl sites for hydroxylation is 1. The number of nitrogens with one attached hydrogen (secondary N) is 1. The first-order valence-corrected chi connectivity index (χ1v) is 4.58. The molecule has 0 saturated heterocycles. The van der Waals surface area contributed by atoms with Gasteiger partial charge in [-0.3, -0.25) is 10.2 Å². The van der Waals surface area contributed by atoms with E-state index in [1.165, 1.54) is 4.80 Å². The molecule has 0 atom stereocenters. The Morgan fingerprint density at radius 2 is 2.25 bits per heavy atom. The van der Waals surface area contributed by atoms with Gasteiger partial charge in [-0.15, -0.1) is 9.90 Å². The molecule has 0 aliphatic carbocycles. The Hall–Kier alpha value is -2.28. The van der Waals surface area contributed by atoms with Crippen LogP contribution in [0.4, 0.5) is 0 Å². The third-order valence-electron chi connectivity index (χ3n) is 1.98. The van der Waals surface area contributed by atoms with Crippen molar-refractivity contribution in [2.24, 2.45) is 5.84 Å². The Kier molecular flexibility index (Phi) is 2.61. The van der Waals surface area contributed by atoms with E-state index in [2.05, 4.69) is 15.2 Å². The van der Waals surface area contributed by atoms with Crippen LogP contribution in [-0.4, -0.2) is 25.9 Å². The first-order chi connectivity index (χ1) is 7.72. The quantitative estimate of drug-likeness (QED) is 0.405. The smallest absolute Gasteiger partial charge is 0.287 e. The predicted molar refractivity (Wildman–Crippen MR) is 55.5 cm³/mol. The molecule has 0 aromatic carbocycles. The Balaban J connectivity index is 2.42. The zero-order chi connectivity index (χ0) is 11.5. The fraction of sp³-hybridized carbons (Fsp3) is 0.111. The third kappa shape index (κ3) is 1.75. The normalized spacial score (nSPS) is 10.1. The van der Waals surface area contributed by atoms with E-state index in [1.807, 2.05) is 11.5 Å². The van der Waals surface area contributed by atoms with Gasteiger partial charge in [-0.2, -0.15) is 5.10 Å². The number of hydrogen-bond acceptors (Lipinski definition) is 5. The van der Waals surface area contributed by atoms with E-state index in [0.29, 0.717) is 11.5 Å². The lowest BCUT2D eigenvalue weighted by Crippen LogP contribution is -2.30. The molecule has 82 valence electrons. The van der Waals surface area contributed by atoms with E-state index in [4.69, 9.17) is 5.84 Å². The van der Waals surface area contributed by atoms with Crippen molar-refractivity contribution in [3.63, 3.8) is 0 Å². The first kappa shape index (κ1) is 10.2. The second-order valence-electron chi connectivity index (χ2n) is 3.08. The van der Waals surface area contributed by atoms with E-state index in [-0.39, 0.29) is 5.69 Å². The van der Waals surface area contributed by atoms with Crippen molar-refractivity contribution in [1.82, 2.24) is 25.4 Å². The first-order valence-electron chi connectivity index (χ1n) is 4.58. The molecule has 0 aliphatic heterocycles. The molecule has 2 aromatic heterocycles. The standard InChI is InChI=1S/C9H10N6O/c1-6-8(9(16)12-10)14-15(13-6)7-4-2-3-5-11-7/h2-5H,10H2,1H3,(H,12,16). The number of hydrazine groups is 1. The molecule has 2 rings (SSSR count). The lowest BCUT2D eigenvalue weighted by atomic mass is 10.3. The summed E-state index contributed by atoms with van der Waals surface area (Å²) in [6, 6.07) is 5.33. The SMILES string of the molecule is Cc1nn(-c2ccccn2)nc1C(=O)NN. The van der Waals surface area contributed by atoms with Crippen LogP contribution >= 0.6 is 0 Å². The van der Waals surface area contributed by atoms with E-state index in [9.17, 15) is 4.79 Å². The molecular weight excluding hydrogens is 208 g/mol. The van der Waals surface area contributed by atoms with Crippen LogP contribution in [0, 0.1) is 6.92 Å². The zero-order valence-electron chi connectivity index (χ0n) is 8.58. The Morgan fingerprint density at radius 1 is 1.44 bits per heavy atom. The van der Waals surface area contributed by atoms with Gasteiger partial charge in [0.15, 0.2) is 11.5 Å². The molecule has 3 N–H and O–H groups in total. The molecule has 0 fully saturated rings. The highest BCUT2D eigenvalue weighted by Gasteiger charge is 2.15. The van der Waals surface area contributed by atoms with Crippen LogP contribution in [0.1, 0.15) is 16.2 Å². The van der Waals surface area contributed by atoms with Gasteiger partial charge in [0.2, 0.25) is 0 Å². The van der Waals surface area contributed by atoms with Gasteiger partial charge in [-0.05, 0) is 19.1 Å². The van der Waals surface area contributed by atoms with Gasteiger partial charge in [0.05, 0.1) is 5.69 Å². The maximum atomic E-state index is 11.3. The molecule has 0 spiro atoms. The largest absolute Gasteiger partial charge is 0.289 e. The van der Waals surface area contributed by atoms with Crippen LogP contribution in [0.2, 0.25) is 0 Å². The second-order valence-corrected chi connectivity index (χ2v) is 3.08. The van der Waals surface area contributed by atoms with Crippen LogP contribution in [0.5, 0.6) is 0 Å². The van der Waals surface area contributed by atoms with Crippen LogP contribution in [0.25, 0.3) is 5.82 Å². The Morgan fingerprint density at radius 3 is 2.88 bits per heavy atom. The summed E-state index contributed by atoms with van der Waals surface area (Å²) < 4.78 is 0. The lowest BCUT2D eigenvalue weighted by molar-refractivity contribution is 0.0947. The van der Waals surface area contributed by atoms with Crippen molar-refractivity contribution >= 4 is 5.91 Å². The predicted octanol–water partition coefficient (Wildman–Crippen LogP) is -0.426. The molecule has 7 nitrogen and oxygen atoms in total. The van der Waals surface area contributed by atoms with Gasteiger partial charge in [-0.25, -0.2) is 10.8 Å². The maximum Gasteiger partial charge on any atom is 0.287 e. The number of aromatic nitrogens is 4. The van der Waals surface area contributed by atoms with Crippen molar-refractivity contribution in [2.45, 2.75) is 6.92 Å². The van der Waals surface area contributed by atoms with E-state index in [1.54, 1.807) is 25.3 Å². The van der Waals surface area contributed by atoms with Crippen molar-refractivity contribution in [3.05, 3.63) is 35.8 Å². The summed E-state index contributed by atoms with van der Waals surface area (Å²) in [7, 11) is 0. The topological polar surface area (TPSA) is 98.7 Å². The molecule has 0 bridgehead atoms. The number of carbonyl (C=O) groups excluding carboxylic acids is 1. The molecule has 0 radical (unpaired) electrons. The third-order valence-corrected chi connectivity index (χ3v) is 1.98. The Bertz CT molecular complexity index is 506. The van der Waals surface area contributed by atoms with E-state index < -0.39 is 5.91 Å². The minimum absolute atomic E-state index is 0.188. The number of carbonyl (C=O) groups is 1. The average Bonchev–Trinajstić information content (AvgIpc) is 2.71. The molecule has 1 amide bonds.